The van der Waals surface area contributed by atoms with Crippen molar-refractivity contribution in [2.75, 3.05) is 6.61 Å². The molecule has 0 saturated heterocycles. The molecule has 1 aromatic heterocycles. The van der Waals surface area contributed by atoms with Crippen LogP contribution >= 0.6 is 22.6 Å². The lowest BCUT2D eigenvalue weighted by Gasteiger charge is -2.26. The summed E-state index contributed by atoms with van der Waals surface area (Å²) >= 11 is 2.21. The van der Waals surface area contributed by atoms with E-state index in [0.717, 1.165) is 41.5 Å². The highest BCUT2D eigenvalue weighted by atomic mass is 127. The number of rotatable bonds is 6. The van der Waals surface area contributed by atoms with Gasteiger partial charge in [-0.2, -0.15) is 4.73 Å². The number of hydrogen-bond acceptors (Lipinski definition) is 2. The van der Waals surface area contributed by atoms with Crippen molar-refractivity contribution in [3.8, 4) is 11.1 Å². The summed E-state index contributed by atoms with van der Waals surface area (Å²) in [6.45, 7) is 2.72. The highest BCUT2D eigenvalue weighted by Crippen LogP contribution is 2.35. The van der Waals surface area contributed by atoms with Gasteiger partial charge in [-0.3, -0.25) is 4.79 Å². The van der Waals surface area contributed by atoms with Gasteiger partial charge < -0.3 is 4.84 Å². The number of hydrogen-bond donors (Lipinski definition) is 0. The molecule has 0 spiro atoms. The van der Waals surface area contributed by atoms with Gasteiger partial charge in [0, 0.05) is 11.1 Å². The zero-order chi connectivity index (χ0) is 16.9. The van der Waals surface area contributed by atoms with Gasteiger partial charge in [0.25, 0.3) is 0 Å². The maximum Gasteiger partial charge on any atom is 0.193 e. The van der Waals surface area contributed by atoms with Crippen LogP contribution in [0.5, 0.6) is 0 Å². The first-order valence-corrected chi connectivity index (χ1v) is 9.74. The van der Waals surface area contributed by atoms with Crippen molar-refractivity contribution in [1.29, 1.82) is 0 Å². The van der Waals surface area contributed by atoms with Gasteiger partial charge in [0.1, 0.15) is 6.61 Å². The average molecular weight is 435 g/mol. The lowest BCUT2D eigenvalue weighted by Crippen LogP contribution is -2.24. The van der Waals surface area contributed by atoms with Gasteiger partial charge in [-0.15, -0.1) is 0 Å². The van der Waals surface area contributed by atoms with Gasteiger partial charge in [-0.05, 0) is 46.5 Å². The molecule has 2 aromatic rings. The minimum Gasteiger partial charge on any atom is -0.414 e. The number of benzene rings is 1. The summed E-state index contributed by atoms with van der Waals surface area (Å²) in [6.07, 6.45) is 10.1. The van der Waals surface area contributed by atoms with Crippen molar-refractivity contribution < 1.29 is 4.84 Å². The molecule has 3 rings (SSSR count). The molecule has 0 aliphatic heterocycles. The maximum atomic E-state index is 13.0. The summed E-state index contributed by atoms with van der Waals surface area (Å²) in [6, 6.07) is 8.10. The van der Waals surface area contributed by atoms with Crippen LogP contribution in [0.1, 0.15) is 49.7 Å². The summed E-state index contributed by atoms with van der Waals surface area (Å²) in [5.41, 5.74) is 3.84. The predicted octanol–water partition coefficient (Wildman–Crippen LogP) is 5.03. The SMILES string of the molecule is CCCOn1cc(-c2ccc(C=CI)cc2)c(=O)c(C2CCC2)c1. The summed E-state index contributed by atoms with van der Waals surface area (Å²) in [4.78, 5) is 18.7. The van der Waals surface area contributed by atoms with E-state index in [1.807, 2.05) is 46.8 Å². The molecule has 1 fully saturated rings. The van der Waals surface area contributed by atoms with E-state index in [0.29, 0.717) is 12.5 Å². The fourth-order valence-corrected chi connectivity index (χ4v) is 3.32. The predicted molar refractivity (Wildman–Crippen MR) is 108 cm³/mol. The third kappa shape index (κ3) is 3.74. The second kappa shape index (κ2) is 8.01. The Morgan fingerprint density at radius 3 is 2.58 bits per heavy atom. The molecule has 0 atom stereocenters. The lowest BCUT2D eigenvalue weighted by atomic mass is 9.80. The molecule has 0 radical (unpaired) electrons. The van der Waals surface area contributed by atoms with Crippen LogP contribution in [0.4, 0.5) is 0 Å². The van der Waals surface area contributed by atoms with Crippen molar-refractivity contribution in [3.63, 3.8) is 0 Å². The average Bonchev–Trinajstić information content (AvgIpc) is 2.55. The van der Waals surface area contributed by atoms with Crippen molar-refractivity contribution in [1.82, 2.24) is 4.73 Å². The van der Waals surface area contributed by atoms with Crippen LogP contribution in [0.3, 0.4) is 0 Å². The van der Waals surface area contributed by atoms with Crippen molar-refractivity contribution in [2.45, 2.75) is 38.5 Å². The molecule has 1 heterocycles. The van der Waals surface area contributed by atoms with Crippen molar-refractivity contribution in [3.05, 3.63) is 62.1 Å². The molecule has 1 aromatic carbocycles. The van der Waals surface area contributed by atoms with Crippen LogP contribution in [0, 0.1) is 0 Å². The van der Waals surface area contributed by atoms with Crippen molar-refractivity contribution in [2.24, 2.45) is 0 Å². The summed E-state index contributed by atoms with van der Waals surface area (Å²) in [5, 5.41) is 0. The molecular weight excluding hydrogens is 413 g/mol. The Morgan fingerprint density at radius 2 is 2.00 bits per heavy atom. The number of nitrogens with zero attached hydrogens (tertiary/aromatic N) is 1. The van der Waals surface area contributed by atoms with Gasteiger partial charge in [0.2, 0.25) is 0 Å². The van der Waals surface area contributed by atoms with Crippen LogP contribution in [-0.4, -0.2) is 11.3 Å². The van der Waals surface area contributed by atoms with Gasteiger partial charge in [-0.25, -0.2) is 0 Å². The van der Waals surface area contributed by atoms with Gasteiger partial charge in [0.05, 0.1) is 12.4 Å². The quantitative estimate of drug-likeness (QED) is 0.597. The second-order valence-corrected chi connectivity index (χ2v) is 6.91. The molecule has 1 aliphatic rings. The fourth-order valence-electron chi connectivity index (χ4n) is 2.91. The van der Waals surface area contributed by atoms with E-state index in [1.165, 1.54) is 6.42 Å². The number of pyridine rings is 1. The van der Waals surface area contributed by atoms with Crippen LogP contribution in [0.25, 0.3) is 17.2 Å². The normalized spacial score (nSPS) is 14.8. The van der Waals surface area contributed by atoms with E-state index in [9.17, 15) is 4.79 Å². The zero-order valence-electron chi connectivity index (χ0n) is 13.9. The monoisotopic (exact) mass is 435 g/mol. The second-order valence-electron chi connectivity index (χ2n) is 6.19. The molecule has 4 heteroatoms. The minimum atomic E-state index is 0.147. The van der Waals surface area contributed by atoms with Crippen LogP contribution < -0.4 is 10.3 Å². The Labute approximate surface area is 156 Å². The minimum absolute atomic E-state index is 0.147. The third-order valence-electron chi connectivity index (χ3n) is 4.50. The summed E-state index contributed by atoms with van der Waals surface area (Å²) < 4.78 is 3.71. The smallest absolute Gasteiger partial charge is 0.193 e. The molecular formula is C20H22INO2. The highest BCUT2D eigenvalue weighted by molar-refractivity contribution is 14.1. The molecule has 3 nitrogen and oxygen atoms in total. The van der Waals surface area contributed by atoms with E-state index < -0.39 is 0 Å². The van der Waals surface area contributed by atoms with E-state index in [-0.39, 0.29) is 5.43 Å². The molecule has 0 bridgehead atoms. The van der Waals surface area contributed by atoms with Crippen LogP contribution in [-0.2, 0) is 0 Å². The maximum absolute atomic E-state index is 13.0. The molecule has 1 aliphatic carbocycles. The molecule has 126 valence electrons. The largest absolute Gasteiger partial charge is 0.414 e. The van der Waals surface area contributed by atoms with E-state index in [2.05, 4.69) is 29.5 Å². The van der Waals surface area contributed by atoms with Gasteiger partial charge in [-0.1, -0.05) is 60.2 Å². The summed E-state index contributed by atoms with van der Waals surface area (Å²) in [5.74, 6) is 0.384. The van der Waals surface area contributed by atoms with E-state index >= 15 is 0 Å². The Kier molecular flexibility index (Phi) is 5.76. The lowest BCUT2D eigenvalue weighted by molar-refractivity contribution is 0.108. The first kappa shape index (κ1) is 17.3. The topological polar surface area (TPSA) is 31.2 Å². The zero-order valence-corrected chi connectivity index (χ0v) is 16.0. The van der Waals surface area contributed by atoms with Gasteiger partial charge in [0.15, 0.2) is 5.43 Å². The molecule has 0 N–H and O–H groups in total. The Bertz CT molecular complexity index is 773. The molecule has 0 amide bonds. The van der Waals surface area contributed by atoms with Crippen molar-refractivity contribution >= 4 is 28.7 Å². The molecule has 1 saturated carbocycles. The third-order valence-corrected chi connectivity index (χ3v) is 4.86. The molecule has 0 unspecified atom stereocenters. The Morgan fingerprint density at radius 1 is 1.25 bits per heavy atom. The standard InChI is InChI=1S/C20H22INO2/c1-2-12-24-22-13-18(16-4-3-5-16)20(23)19(14-22)17-8-6-15(7-9-17)10-11-21/h6-11,13-14,16H,2-5,12H2,1H3. The van der Waals surface area contributed by atoms with E-state index in [1.54, 1.807) is 4.73 Å². The summed E-state index contributed by atoms with van der Waals surface area (Å²) in [7, 11) is 0. The highest BCUT2D eigenvalue weighted by Gasteiger charge is 2.24. The van der Waals surface area contributed by atoms with Gasteiger partial charge >= 0.3 is 0 Å². The fraction of sp³-hybridized carbons (Fsp3) is 0.350. The Hall–Kier alpha value is -1.56. The Balaban J connectivity index is 2.02. The number of aromatic nitrogens is 1. The molecule has 24 heavy (non-hydrogen) atoms. The van der Waals surface area contributed by atoms with E-state index in [4.69, 9.17) is 4.84 Å². The van der Waals surface area contributed by atoms with Crippen LogP contribution in [0.2, 0.25) is 0 Å². The number of halogens is 1. The van der Waals surface area contributed by atoms with Crippen LogP contribution in [0.15, 0.2) is 45.5 Å². The first-order chi connectivity index (χ1) is 11.7. The first-order valence-electron chi connectivity index (χ1n) is 8.49.